The SMILES string of the molecule is Cc1ccc(NC(=O)c2ccc(CN3CCN(C)CC3)cc2)cc1Nc1nccc(-c2cccnc2)n1.Cc1ccc(S(=O)(=O)O)cc1.Cn1c(=O)n(-c2ccc(C(C)(C)C#N)cc2)c2c3cc(-c4cnc5ccccc5c4)ccc3ncc21. The highest BCUT2D eigenvalue weighted by Gasteiger charge is 2.22. The van der Waals surface area contributed by atoms with Crippen LogP contribution in [0.1, 0.15) is 46.5 Å². The zero-order valence-corrected chi connectivity index (χ0v) is 48.2. The number of para-hydroxylation sites is 1. The molecule has 0 bridgehead atoms. The van der Waals surface area contributed by atoms with Crippen molar-refractivity contribution in [2.75, 3.05) is 43.9 Å². The van der Waals surface area contributed by atoms with Gasteiger partial charge < -0.3 is 15.5 Å². The molecule has 12 rings (SSSR count). The van der Waals surface area contributed by atoms with E-state index >= 15 is 0 Å². The van der Waals surface area contributed by atoms with Crippen molar-refractivity contribution in [1.29, 1.82) is 5.26 Å². The third-order valence-corrected chi connectivity index (χ3v) is 15.7. The smallest absolute Gasteiger partial charge is 0.324 e. The molecule has 422 valence electrons. The van der Waals surface area contributed by atoms with Gasteiger partial charge >= 0.3 is 5.69 Å². The highest BCUT2D eigenvalue weighted by molar-refractivity contribution is 7.85. The van der Waals surface area contributed by atoms with Crippen LogP contribution in [0.4, 0.5) is 17.3 Å². The standard InChI is InChI=1S/C30H23N5O.C29H31N7O.C7H8O3S/c1-30(2,18-31)22-9-11-23(12-10-22)35-28-24-15-19(21-14-20-6-4-5-7-25(20)32-16-21)8-13-26(24)33-17-27(28)34(3)29(35)36;1-21-5-10-25(18-27(21)34-29-31-13-11-26(33-29)24-4-3-12-30-19-24)32-28(37)23-8-6-22(7-9-23)20-36-16-14-35(2)15-17-36;1-6-2-4-7(5-3-6)11(8,9)10/h4-17H,1-3H3;3-13,18-19H,14-17,20H2,1-2H3,(H,32,37)(H,31,33,34);2-5H,1H3,(H,8,9,10). The maximum atomic E-state index is 13.4. The lowest BCUT2D eigenvalue weighted by Gasteiger charge is -2.32. The number of fused-ring (bicyclic) bond motifs is 4. The Morgan fingerprint density at radius 3 is 2.18 bits per heavy atom. The molecule has 6 heterocycles. The number of anilines is 3. The summed E-state index contributed by atoms with van der Waals surface area (Å²) >= 11 is 0. The van der Waals surface area contributed by atoms with Gasteiger partial charge in [0.05, 0.1) is 56.0 Å². The van der Waals surface area contributed by atoms with Crippen molar-refractivity contribution in [2.45, 2.75) is 44.6 Å². The average molecular weight is 1140 g/mol. The number of rotatable bonds is 11. The van der Waals surface area contributed by atoms with Crippen LogP contribution < -0.4 is 16.3 Å². The van der Waals surface area contributed by atoms with Gasteiger partial charge in [-0.1, -0.05) is 72.3 Å². The quantitative estimate of drug-likeness (QED) is 0.103. The van der Waals surface area contributed by atoms with Gasteiger partial charge in [0.15, 0.2) is 0 Å². The molecule has 1 amide bonds. The Bertz CT molecular complexity index is 4400. The van der Waals surface area contributed by atoms with Gasteiger partial charge in [0.2, 0.25) is 5.95 Å². The van der Waals surface area contributed by atoms with Crippen molar-refractivity contribution >= 4 is 66.2 Å². The van der Waals surface area contributed by atoms with Crippen LogP contribution in [-0.4, -0.2) is 96.0 Å². The number of amides is 1. The first kappa shape index (κ1) is 57.5. The van der Waals surface area contributed by atoms with E-state index in [2.05, 4.69) is 76.7 Å². The van der Waals surface area contributed by atoms with Crippen molar-refractivity contribution in [2.24, 2.45) is 7.05 Å². The molecule has 5 aromatic heterocycles. The van der Waals surface area contributed by atoms with E-state index in [0.29, 0.717) is 17.2 Å². The van der Waals surface area contributed by atoms with Crippen LogP contribution >= 0.6 is 0 Å². The lowest BCUT2D eigenvalue weighted by molar-refractivity contribution is 0.102. The fraction of sp³-hybridized carbons (Fsp3) is 0.182. The van der Waals surface area contributed by atoms with E-state index in [9.17, 15) is 23.3 Å². The van der Waals surface area contributed by atoms with Gasteiger partial charge in [-0.15, -0.1) is 0 Å². The number of likely N-dealkylation sites (N-methyl/N-ethyl adjacent to an activating group) is 1. The second kappa shape index (κ2) is 24.8. The van der Waals surface area contributed by atoms with E-state index in [1.165, 1.54) is 17.7 Å². The molecular weight excluding hydrogens is 1070 g/mol. The van der Waals surface area contributed by atoms with Crippen LogP contribution in [0.5, 0.6) is 0 Å². The summed E-state index contributed by atoms with van der Waals surface area (Å²) in [5.41, 5.74) is 13.2. The lowest BCUT2D eigenvalue weighted by atomic mass is 9.86. The normalized spacial score (nSPS) is 12.9. The van der Waals surface area contributed by atoms with E-state index in [4.69, 9.17) is 4.55 Å². The molecule has 1 aliphatic heterocycles. The molecule has 1 fully saturated rings. The van der Waals surface area contributed by atoms with Crippen LogP contribution in [0, 0.1) is 25.2 Å². The third-order valence-electron chi connectivity index (χ3n) is 14.8. The summed E-state index contributed by atoms with van der Waals surface area (Å²) in [7, 11) is -0.0971. The number of nitriles is 1. The molecule has 17 nitrogen and oxygen atoms in total. The van der Waals surface area contributed by atoms with Crippen molar-refractivity contribution in [3.8, 4) is 34.1 Å². The number of piperazine rings is 1. The van der Waals surface area contributed by atoms with E-state index in [0.717, 1.165) is 116 Å². The number of nitrogens with zero attached hydrogens (tertiary/aromatic N) is 10. The van der Waals surface area contributed by atoms with Crippen LogP contribution in [0.3, 0.4) is 0 Å². The Kier molecular flexibility index (Phi) is 16.9. The summed E-state index contributed by atoms with van der Waals surface area (Å²) in [5.74, 6) is 0.333. The first-order valence-corrected chi connectivity index (χ1v) is 28.7. The number of hydrogen-bond acceptors (Lipinski definition) is 13. The number of aromatic nitrogens is 7. The molecular formula is C66H62N12O5S. The monoisotopic (exact) mass is 1130 g/mol. The number of nitrogens with one attached hydrogen (secondary N) is 2. The van der Waals surface area contributed by atoms with E-state index in [1.54, 1.807) is 53.1 Å². The number of hydrogen-bond donors (Lipinski definition) is 3. The number of imidazole rings is 1. The van der Waals surface area contributed by atoms with Gasteiger partial charge in [-0.05, 0) is 148 Å². The molecule has 0 radical (unpaired) electrons. The van der Waals surface area contributed by atoms with Gasteiger partial charge in [-0.25, -0.2) is 14.8 Å². The Balaban J connectivity index is 0.000000159. The van der Waals surface area contributed by atoms with E-state index in [-0.39, 0.29) is 16.5 Å². The molecule has 11 aromatic rings. The number of pyridine rings is 3. The molecule has 0 unspecified atom stereocenters. The van der Waals surface area contributed by atoms with Gasteiger partial charge in [-0.3, -0.25) is 38.3 Å². The van der Waals surface area contributed by atoms with Gasteiger partial charge in [0, 0.05) is 103 Å². The number of carbonyl (C=O) groups excluding carboxylic acids is 1. The number of carbonyl (C=O) groups is 1. The average Bonchev–Trinajstić information content (AvgIpc) is 2.59. The lowest BCUT2D eigenvalue weighted by Crippen LogP contribution is -2.43. The second-order valence-electron chi connectivity index (χ2n) is 21.3. The fourth-order valence-electron chi connectivity index (χ4n) is 9.73. The molecule has 84 heavy (non-hydrogen) atoms. The molecule has 6 aromatic carbocycles. The van der Waals surface area contributed by atoms with E-state index in [1.807, 2.05) is 149 Å². The van der Waals surface area contributed by atoms with E-state index < -0.39 is 15.5 Å². The zero-order chi connectivity index (χ0) is 59.1. The van der Waals surface area contributed by atoms with Crippen molar-refractivity contribution in [1.82, 2.24) is 43.9 Å². The highest BCUT2D eigenvalue weighted by Crippen LogP contribution is 2.32. The number of aryl methyl sites for hydroxylation is 3. The minimum atomic E-state index is -4.02. The summed E-state index contributed by atoms with van der Waals surface area (Å²) in [6.45, 7) is 12.8. The van der Waals surface area contributed by atoms with Crippen molar-refractivity contribution in [3.05, 3.63) is 227 Å². The first-order valence-electron chi connectivity index (χ1n) is 27.2. The first-order chi connectivity index (χ1) is 40.4. The topological polar surface area (TPSA) is 217 Å². The Morgan fingerprint density at radius 1 is 0.726 bits per heavy atom. The minimum Gasteiger partial charge on any atom is -0.324 e. The Labute approximate surface area is 487 Å². The van der Waals surface area contributed by atoms with Gasteiger partial charge in [0.1, 0.15) is 0 Å². The summed E-state index contributed by atoms with van der Waals surface area (Å²) < 4.78 is 32.9. The molecule has 1 aliphatic rings. The molecule has 0 spiro atoms. The predicted octanol–water partition coefficient (Wildman–Crippen LogP) is 11.7. The molecule has 0 saturated carbocycles. The zero-order valence-electron chi connectivity index (χ0n) is 47.4. The largest absolute Gasteiger partial charge is 0.333 e. The summed E-state index contributed by atoms with van der Waals surface area (Å²) in [6, 6.07) is 51.5. The van der Waals surface area contributed by atoms with Gasteiger partial charge in [0.25, 0.3) is 16.0 Å². The maximum absolute atomic E-state index is 13.4. The summed E-state index contributed by atoms with van der Waals surface area (Å²) in [5, 5.41) is 17.8. The Morgan fingerprint density at radius 2 is 1.46 bits per heavy atom. The van der Waals surface area contributed by atoms with Crippen molar-refractivity contribution < 1.29 is 17.8 Å². The van der Waals surface area contributed by atoms with Crippen LogP contribution in [-0.2, 0) is 29.1 Å². The summed E-state index contributed by atoms with van der Waals surface area (Å²) in [6.07, 6.45) is 8.85. The maximum Gasteiger partial charge on any atom is 0.333 e. The highest BCUT2D eigenvalue weighted by atomic mass is 32.2. The number of benzene rings is 6. The van der Waals surface area contributed by atoms with Crippen molar-refractivity contribution in [3.63, 3.8) is 0 Å². The second-order valence-corrected chi connectivity index (χ2v) is 22.7. The fourth-order valence-corrected chi connectivity index (χ4v) is 10.2. The minimum absolute atomic E-state index is 0.0666. The molecule has 0 aliphatic carbocycles. The molecule has 1 saturated heterocycles. The molecule has 18 heteroatoms. The molecule has 0 atom stereocenters. The third kappa shape index (κ3) is 13.3. The summed E-state index contributed by atoms with van der Waals surface area (Å²) in [4.78, 5) is 53.5. The van der Waals surface area contributed by atoms with Crippen LogP contribution in [0.15, 0.2) is 198 Å². The van der Waals surface area contributed by atoms with Crippen LogP contribution in [0.25, 0.3) is 60.9 Å². The molecule has 3 N–H and O–H groups in total. The van der Waals surface area contributed by atoms with Crippen LogP contribution in [0.2, 0.25) is 0 Å². The Hall–Kier alpha value is -9.77. The van der Waals surface area contributed by atoms with Gasteiger partial charge in [-0.2, -0.15) is 13.7 Å². The predicted molar refractivity (Wildman–Crippen MR) is 331 cm³/mol.